The van der Waals surface area contributed by atoms with Crippen molar-refractivity contribution in [3.8, 4) is 0 Å². The number of hydrogen-bond acceptors (Lipinski definition) is 5. The molecule has 0 aromatic carbocycles. The molecule has 1 aliphatic heterocycles. The van der Waals surface area contributed by atoms with E-state index >= 15 is 0 Å². The summed E-state index contributed by atoms with van der Waals surface area (Å²) in [6, 6.07) is 0. The lowest BCUT2D eigenvalue weighted by Crippen LogP contribution is -2.44. The molecule has 0 radical (unpaired) electrons. The van der Waals surface area contributed by atoms with Gasteiger partial charge in [-0.05, 0) is 18.1 Å². The molecule has 1 aromatic rings. The summed E-state index contributed by atoms with van der Waals surface area (Å²) in [5, 5.41) is 6.23. The lowest BCUT2D eigenvalue weighted by Gasteiger charge is -2.26. The summed E-state index contributed by atoms with van der Waals surface area (Å²) in [5.41, 5.74) is -2.05. The molecule has 0 saturated carbocycles. The van der Waals surface area contributed by atoms with Crippen molar-refractivity contribution in [1.82, 2.24) is 15.5 Å². The van der Waals surface area contributed by atoms with Gasteiger partial charge in [0.05, 0.1) is 0 Å². The van der Waals surface area contributed by atoms with Gasteiger partial charge in [0.25, 0.3) is 5.95 Å². The van der Waals surface area contributed by atoms with Crippen molar-refractivity contribution in [1.29, 1.82) is 0 Å². The molecule has 0 spiro atoms. The molecule has 96 valence electrons. The van der Waals surface area contributed by atoms with Crippen molar-refractivity contribution >= 4 is 5.95 Å². The van der Waals surface area contributed by atoms with E-state index in [1.54, 1.807) is 14.1 Å². The van der Waals surface area contributed by atoms with Crippen molar-refractivity contribution in [3.63, 3.8) is 0 Å². The van der Waals surface area contributed by atoms with Crippen LogP contribution in [0.15, 0.2) is 4.52 Å². The fourth-order valence-electron chi connectivity index (χ4n) is 1.83. The Morgan fingerprint density at radius 2 is 2.12 bits per heavy atom. The average Bonchev–Trinajstić information content (AvgIpc) is 2.86. The first kappa shape index (κ1) is 12.2. The molecule has 1 saturated heterocycles. The minimum absolute atomic E-state index is 0.0778. The summed E-state index contributed by atoms with van der Waals surface area (Å²) >= 11 is 0. The summed E-state index contributed by atoms with van der Waals surface area (Å²) < 4.78 is 44.2. The van der Waals surface area contributed by atoms with Gasteiger partial charge < -0.3 is 14.7 Å². The van der Waals surface area contributed by atoms with Gasteiger partial charge in [-0.1, -0.05) is 0 Å². The van der Waals surface area contributed by atoms with E-state index in [0.29, 0.717) is 6.54 Å². The van der Waals surface area contributed by atoms with Crippen LogP contribution in [0.4, 0.5) is 19.1 Å². The van der Waals surface area contributed by atoms with Crippen molar-refractivity contribution in [2.45, 2.75) is 18.0 Å². The summed E-state index contributed by atoms with van der Waals surface area (Å²) in [7, 11) is 3.28. The van der Waals surface area contributed by atoms with Crippen LogP contribution in [0.2, 0.25) is 0 Å². The van der Waals surface area contributed by atoms with Gasteiger partial charge in [-0.2, -0.15) is 18.2 Å². The van der Waals surface area contributed by atoms with Gasteiger partial charge in [0.2, 0.25) is 5.89 Å². The van der Waals surface area contributed by atoms with Crippen LogP contribution in [-0.2, 0) is 5.41 Å². The Morgan fingerprint density at radius 1 is 1.41 bits per heavy atom. The van der Waals surface area contributed by atoms with Gasteiger partial charge in [0.15, 0.2) is 5.41 Å². The molecule has 1 aromatic heterocycles. The zero-order valence-electron chi connectivity index (χ0n) is 9.51. The second-order valence-electron chi connectivity index (χ2n) is 4.30. The van der Waals surface area contributed by atoms with E-state index in [1.165, 1.54) is 4.90 Å². The van der Waals surface area contributed by atoms with E-state index in [0.717, 1.165) is 0 Å². The third kappa shape index (κ3) is 1.86. The Kier molecular flexibility index (Phi) is 2.76. The first-order valence-corrected chi connectivity index (χ1v) is 5.16. The number of nitrogens with one attached hydrogen (secondary N) is 1. The molecule has 0 aliphatic carbocycles. The molecule has 0 amide bonds. The Labute approximate surface area is 96.0 Å². The van der Waals surface area contributed by atoms with Gasteiger partial charge >= 0.3 is 6.18 Å². The highest BCUT2D eigenvalue weighted by molar-refractivity contribution is 5.27. The van der Waals surface area contributed by atoms with Crippen LogP contribution in [-0.4, -0.2) is 43.5 Å². The van der Waals surface area contributed by atoms with Crippen LogP contribution in [0.3, 0.4) is 0 Å². The van der Waals surface area contributed by atoms with Crippen molar-refractivity contribution in [2.24, 2.45) is 0 Å². The standard InChI is InChI=1S/C9H13F3N4O/c1-16(2)7-14-6(17-15-7)8(9(10,11)12)3-4-13-5-8/h13H,3-5H2,1-2H3. The van der Waals surface area contributed by atoms with Gasteiger partial charge in [-0.15, -0.1) is 0 Å². The molecule has 1 aliphatic rings. The fraction of sp³-hybridized carbons (Fsp3) is 0.778. The highest BCUT2D eigenvalue weighted by Gasteiger charge is 2.61. The Hall–Kier alpha value is -1.31. The Balaban J connectivity index is 2.39. The van der Waals surface area contributed by atoms with Gasteiger partial charge in [-0.25, -0.2) is 0 Å². The number of halogens is 3. The molecule has 1 N–H and O–H groups in total. The smallest absolute Gasteiger partial charge is 0.344 e. The van der Waals surface area contributed by atoms with Crippen molar-refractivity contribution in [3.05, 3.63) is 5.89 Å². The molecule has 2 heterocycles. The maximum absolute atomic E-state index is 13.1. The highest BCUT2D eigenvalue weighted by atomic mass is 19.4. The fourth-order valence-corrected chi connectivity index (χ4v) is 1.83. The molecule has 0 bridgehead atoms. The predicted molar refractivity (Wildman–Crippen MR) is 53.8 cm³/mol. The number of alkyl halides is 3. The third-order valence-electron chi connectivity index (χ3n) is 2.92. The lowest BCUT2D eigenvalue weighted by atomic mass is 9.86. The number of anilines is 1. The van der Waals surface area contributed by atoms with Gasteiger partial charge in [0.1, 0.15) is 0 Å². The molecule has 1 fully saturated rings. The summed E-state index contributed by atoms with van der Waals surface area (Å²) in [4.78, 5) is 5.32. The number of nitrogens with zero attached hydrogens (tertiary/aromatic N) is 3. The quantitative estimate of drug-likeness (QED) is 0.846. The Morgan fingerprint density at radius 3 is 2.53 bits per heavy atom. The van der Waals surface area contributed by atoms with Crippen LogP contribution >= 0.6 is 0 Å². The summed E-state index contributed by atoms with van der Waals surface area (Å²) in [5.74, 6) is -0.214. The topological polar surface area (TPSA) is 54.2 Å². The Bertz CT molecular complexity index is 395. The highest BCUT2D eigenvalue weighted by Crippen LogP contribution is 2.44. The minimum Gasteiger partial charge on any atom is -0.344 e. The van der Waals surface area contributed by atoms with Crippen LogP contribution in [0, 0.1) is 0 Å². The van der Waals surface area contributed by atoms with Crippen molar-refractivity contribution < 1.29 is 17.7 Å². The summed E-state index contributed by atoms with van der Waals surface area (Å²) in [6.07, 6.45) is -4.47. The molecular weight excluding hydrogens is 237 g/mol. The third-order valence-corrected chi connectivity index (χ3v) is 2.92. The normalized spacial score (nSPS) is 25.2. The number of hydrogen-bond donors (Lipinski definition) is 1. The molecule has 17 heavy (non-hydrogen) atoms. The molecule has 8 heteroatoms. The van der Waals surface area contributed by atoms with Gasteiger partial charge in [0, 0.05) is 20.6 Å². The molecular formula is C9H13F3N4O. The number of aromatic nitrogens is 2. The lowest BCUT2D eigenvalue weighted by molar-refractivity contribution is -0.191. The van der Waals surface area contributed by atoms with Crippen LogP contribution in [0.5, 0.6) is 0 Å². The SMILES string of the molecule is CN(C)c1noc(C2(C(F)(F)F)CCNC2)n1. The second-order valence-corrected chi connectivity index (χ2v) is 4.30. The zero-order valence-corrected chi connectivity index (χ0v) is 9.51. The second kappa shape index (κ2) is 3.86. The van der Waals surface area contributed by atoms with E-state index < -0.39 is 11.6 Å². The van der Waals surface area contributed by atoms with E-state index in [4.69, 9.17) is 4.52 Å². The van der Waals surface area contributed by atoms with Crippen LogP contribution in [0.25, 0.3) is 0 Å². The largest absolute Gasteiger partial charge is 0.404 e. The number of rotatable bonds is 2. The van der Waals surface area contributed by atoms with Gasteiger partial charge in [-0.3, -0.25) is 0 Å². The first-order chi connectivity index (χ1) is 7.87. The maximum Gasteiger partial charge on any atom is 0.404 e. The molecule has 2 rings (SSSR count). The minimum atomic E-state index is -4.40. The first-order valence-electron chi connectivity index (χ1n) is 5.16. The van der Waals surface area contributed by atoms with E-state index in [-0.39, 0.29) is 24.8 Å². The van der Waals surface area contributed by atoms with E-state index in [2.05, 4.69) is 15.5 Å². The predicted octanol–water partition coefficient (Wildman–Crippen LogP) is 0.929. The van der Waals surface area contributed by atoms with Crippen LogP contribution < -0.4 is 10.2 Å². The van der Waals surface area contributed by atoms with E-state index in [9.17, 15) is 13.2 Å². The zero-order chi connectivity index (χ0) is 12.7. The van der Waals surface area contributed by atoms with Crippen molar-refractivity contribution in [2.75, 3.05) is 32.1 Å². The average molecular weight is 250 g/mol. The summed E-state index contributed by atoms with van der Waals surface area (Å²) in [6.45, 7) is 0.0742. The molecule has 5 nitrogen and oxygen atoms in total. The molecule has 1 unspecified atom stereocenters. The maximum atomic E-state index is 13.1. The van der Waals surface area contributed by atoms with E-state index in [1.807, 2.05) is 0 Å². The van der Waals surface area contributed by atoms with Crippen LogP contribution in [0.1, 0.15) is 12.3 Å². The monoisotopic (exact) mass is 250 g/mol. The molecule has 1 atom stereocenters.